The van der Waals surface area contributed by atoms with Crippen LogP contribution in [0.2, 0.25) is 0 Å². The Morgan fingerprint density at radius 2 is 1.00 bits per heavy atom. The monoisotopic (exact) mass is 726 g/mol. The average Bonchev–Trinajstić information content (AvgIpc) is 4.10. The molecule has 2 heterocycles. The molecule has 8 aliphatic rings. The standard InChI is InChI=1S/2C22H25N3O2/c2*1-25-19(27)22(24-20(25)23)18-12-15(5-4-14-2-3-14)6-7-16(18)13-21(22)10-8-17(26)9-11-21/h2*6-7,12,14,17,26H,2-3,8-11,13H2,1H3,(H2,23,24). The van der Waals surface area contributed by atoms with Gasteiger partial charge in [0.15, 0.2) is 23.0 Å². The lowest BCUT2D eigenvalue weighted by molar-refractivity contribution is -0.137. The molecular formula is C44H50N6O4. The van der Waals surface area contributed by atoms with Crippen LogP contribution in [-0.4, -0.2) is 70.0 Å². The number of nitrogens with two attached hydrogens (primary N) is 2. The number of likely N-dealkylation sites (N-methyl/N-ethyl adjacent to an activating group) is 2. The van der Waals surface area contributed by atoms with Crippen LogP contribution in [-0.2, 0) is 33.5 Å². The molecular weight excluding hydrogens is 677 g/mol. The van der Waals surface area contributed by atoms with Crippen molar-refractivity contribution in [3.8, 4) is 23.7 Å². The number of nitrogens with zero attached hydrogens (tertiary/aromatic N) is 4. The van der Waals surface area contributed by atoms with Crippen LogP contribution in [0.5, 0.6) is 0 Å². The minimum absolute atomic E-state index is 0.0394. The van der Waals surface area contributed by atoms with Crippen LogP contribution < -0.4 is 11.5 Å². The average molecular weight is 727 g/mol. The van der Waals surface area contributed by atoms with E-state index in [1.165, 1.54) is 46.6 Å². The number of aliphatic imine (C=N–C) groups is 2. The predicted molar refractivity (Wildman–Crippen MR) is 205 cm³/mol. The van der Waals surface area contributed by atoms with Crippen molar-refractivity contribution in [2.75, 3.05) is 14.1 Å². The van der Waals surface area contributed by atoms with Gasteiger partial charge in [-0.3, -0.25) is 19.4 Å². The molecule has 4 fully saturated rings. The van der Waals surface area contributed by atoms with Crippen molar-refractivity contribution < 1.29 is 19.8 Å². The highest BCUT2D eigenvalue weighted by molar-refractivity contribution is 6.09. The van der Waals surface area contributed by atoms with Crippen LogP contribution in [0, 0.1) is 46.3 Å². The van der Waals surface area contributed by atoms with E-state index in [2.05, 4.69) is 60.1 Å². The summed E-state index contributed by atoms with van der Waals surface area (Å²) in [5.41, 5.74) is 15.9. The lowest BCUT2D eigenvalue weighted by atomic mass is 9.61. The van der Waals surface area contributed by atoms with Crippen molar-refractivity contribution in [1.29, 1.82) is 0 Å². The number of carbonyl (C=O) groups excluding carboxylic acids is 2. The Bertz CT molecular complexity index is 1980. The van der Waals surface area contributed by atoms with Gasteiger partial charge in [0, 0.05) is 47.9 Å². The Morgan fingerprint density at radius 3 is 1.31 bits per heavy atom. The molecule has 10 rings (SSSR count). The lowest BCUT2D eigenvalue weighted by Gasteiger charge is -2.44. The van der Waals surface area contributed by atoms with Gasteiger partial charge in [0.1, 0.15) is 0 Å². The van der Waals surface area contributed by atoms with E-state index in [-0.39, 0.29) is 46.8 Å². The van der Waals surface area contributed by atoms with Crippen molar-refractivity contribution in [2.45, 2.75) is 113 Å². The fourth-order valence-corrected chi connectivity index (χ4v) is 10.4. The summed E-state index contributed by atoms with van der Waals surface area (Å²) in [6, 6.07) is 12.5. The van der Waals surface area contributed by atoms with Gasteiger partial charge in [-0.2, -0.15) is 0 Å². The quantitative estimate of drug-likeness (QED) is 0.303. The first-order valence-corrected chi connectivity index (χ1v) is 19.8. The van der Waals surface area contributed by atoms with E-state index in [9.17, 15) is 19.8 Å². The van der Waals surface area contributed by atoms with Crippen LogP contribution in [0.4, 0.5) is 0 Å². The number of rotatable bonds is 0. The molecule has 0 saturated heterocycles. The molecule has 2 aromatic rings. The predicted octanol–water partition coefficient (Wildman–Crippen LogP) is 3.82. The topological polar surface area (TPSA) is 158 Å². The molecule has 2 aliphatic heterocycles. The number of amides is 2. The molecule has 4 saturated carbocycles. The van der Waals surface area contributed by atoms with Gasteiger partial charge in [0.2, 0.25) is 0 Å². The van der Waals surface area contributed by atoms with Gasteiger partial charge >= 0.3 is 0 Å². The zero-order valence-corrected chi connectivity index (χ0v) is 31.3. The first-order valence-electron chi connectivity index (χ1n) is 19.8. The Morgan fingerprint density at radius 1 is 0.630 bits per heavy atom. The Hall–Kier alpha value is -4.64. The highest BCUT2D eigenvalue weighted by Gasteiger charge is 2.67. The summed E-state index contributed by atoms with van der Waals surface area (Å²) in [5.74, 6) is 14.7. The number of carbonyl (C=O) groups is 2. The van der Waals surface area contributed by atoms with Crippen LogP contribution in [0.1, 0.15) is 110 Å². The molecule has 6 N–H and O–H groups in total. The lowest BCUT2D eigenvalue weighted by Crippen LogP contribution is -2.51. The normalized spacial score (nSPS) is 34.6. The summed E-state index contributed by atoms with van der Waals surface area (Å²) in [7, 11) is 3.41. The molecule has 2 amide bonds. The first kappa shape index (κ1) is 35.1. The van der Waals surface area contributed by atoms with Gasteiger partial charge in [-0.25, -0.2) is 9.98 Å². The number of benzene rings is 2. The molecule has 10 heteroatoms. The summed E-state index contributed by atoms with van der Waals surface area (Å²) in [5, 5.41) is 20.1. The molecule has 2 unspecified atom stereocenters. The van der Waals surface area contributed by atoms with Gasteiger partial charge in [0.05, 0.1) is 12.2 Å². The van der Waals surface area contributed by atoms with Crippen LogP contribution in [0.3, 0.4) is 0 Å². The van der Waals surface area contributed by atoms with E-state index in [0.717, 1.165) is 60.8 Å². The molecule has 0 bridgehead atoms. The second kappa shape index (κ2) is 12.4. The van der Waals surface area contributed by atoms with E-state index in [4.69, 9.17) is 21.5 Å². The molecule has 6 aliphatic carbocycles. The fraction of sp³-hybridized carbons (Fsp3) is 0.545. The maximum atomic E-state index is 13.5. The minimum atomic E-state index is -0.960. The molecule has 4 spiro atoms. The Balaban J connectivity index is 0.000000142. The second-order valence-corrected chi connectivity index (χ2v) is 17.3. The highest BCUT2D eigenvalue weighted by atomic mass is 16.3. The molecule has 0 radical (unpaired) electrons. The molecule has 2 aromatic carbocycles. The summed E-state index contributed by atoms with van der Waals surface area (Å²) in [6.07, 6.45) is 11.8. The summed E-state index contributed by atoms with van der Waals surface area (Å²) >= 11 is 0. The Labute approximate surface area is 317 Å². The maximum absolute atomic E-state index is 13.5. The molecule has 280 valence electrons. The van der Waals surface area contributed by atoms with Crippen LogP contribution in [0.25, 0.3) is 0 Å². The van der Waals surface area contributed by atoms with E-state index in [1.807, 2.05) is 0 Å². The number of hydrogen-bond acceptors (Lipinski definition) is 8. The van der Waals surface area contributed by atoms with Crippen molar-refractivity contribution in [1.82, 2.24) is 9.80 Å². The number of fused-ring (bicyclic) bond motifs is 6. The van der Waals surface area contributed by atoms with Gasteiger partial charge in [-0.05, 0) is 136 Å². The van der Waals surface area contributed by atoms with Gasteiger partial charge in [0.25, 0.3) is 11.8 Å². The van der Waals surface area contributed by atoms with Crippen molar-refractivity contribution in [2.24, 2.45) is 44.1 Å². The summed E-state index contributed by atoms with van der Waals surface area (Å²) in [4.78, 5) is 39.6. The van der Waals surface area contributed by atoms with Crippen molar-refractivity contribution in [3.63, 3.8) is 0 Å². The number of aliphatic hydroxyl groups is 2. The van der Waals surface area contributed by atoms with E-state index in [0.29, 0.717) is 37.5 Å². The number of hydrogen-bond donors (Lipinski definition) is 4. The highest BCUT2D eigenvalue weighted by Crippen LogP contribution is 2.63. The van der Waals surface area contributed by atoms with Gasteiger partial charge in [-0.1, -0.05) is 35.8 Å². The van der Waals surface area contributed by atoms with E-state index in [1.54, 1.807) is 14.1 Å². The summed E-state index contributed by atoms with van der Waals surface area (Å²) < 4.78 is 0. The third-order valence-electron chi connectivity index (χ3n) is 13.9. The molecule has 10 nitrogen and oxygen atoms in total. The zero-order chi connectivity index (χ0) is 37.6. The van der Waals surface area contributed by atoms with Crippen molar-refractivity contribution in [3.05, 3.63) is 69.8 Å². The largest absolute Gasteiger partial charge is 0.393 e. The molecule has 2 atom stereocenters. The zero-order valence-electron chi connectivity index (χ0n) is 31.3. The third kappa shape index (κ3) is 5.24. The first-order chi connectivity index (χ1) is 25.9. The molecule has 0 aromatic heterocycles. The van der Waals surface area contributed by atoms with Crippen LogP contribution in [0.15, 0.2) is 46.4 Å². The minimum Gasteiger partial charge on any atom is -0.393 e. The van der Waals surface area contributed by atoms with Gasteiger partial charge in [-0.15, -0.1) is 0 Å². The van der Waals surface area contributed by atoms with Gasteiger partial charge < -0.3 is 21.7 Å². The van der Waals surface area contributed by atoms with Crippen LogP contribution >= 0.6 is 0 Å². The maximum Gasteiger partial charge on any atom is 0.262 e. The third-order valence-corrected chi connectivity index (χ3v) is 13.9. The SMILES string of the molecule is CN1C(=O)C2(N=C1N)c1cc(C#CC3CC3)ccc1CC21CCC(O)CC1.CN1C(=O)C2(N=C1N)c1cc(C#CC3CC3)ccc1CC21CCC(O)CC1. The number of aliphatic hydroxyl groups excluding tert-OH is 2. The summed E-state index contributed by atoms with van der Waals surface area (Å²) in [6.45, 7) is 0. The molecule has 54 heavy (non-hydrogen) atoms. The number of guanidine groups is 2. The second-order valence-electron chi connectivity index (χ2n) is 17.3. The Kier molecular flexibility index (Phi) is 8.09. The van der Waals surface area contributed by atoms with E-state index >= 15 is 0 Å². The smallest absolute Gasteiger partial charge is 0.262 e. The fourth-order valence-electron chi connectivity index (χ4n) is 10.4. The van der Waals surface area contributed by atoms with E-state index < -0.39 is 11.1 Å². The van der Waals surface area contributed by atoms with Crippen molar-refractivity contribution >= 4 is 23.7 Å².